The summed E-state index contributed by atoms with van der Waals surface area (Å²) in [5.74, 6) is 1.31. The van der Waals surface area contributed by atoms with E-state index in [4.69, 9.17) is 21.1 Å². The molecule has 3 aromatic rings. The van der Waals surface area contributed by atoms with E-state index in [1.54, 1.807) is 49.4 Å². The first-order valence-corrected chi connectivity index (χ1v) is 11.5. The van der Waals surface area contributed by atoms with Crippen LogP contribution in [0.1, 0.15) is 19.7 Å². The van der Waals surface area contributed by atoms with Gasteiger partial charge in [0.1, 0.15) is 5.82 Å². The quantitative estimate of drug-likeness (QED) is 0.463. The number of thioether (sulfide) groups is 1. The number of ether oxygens (including phenoxy) is 2. The number of carbonyl (C=O) groups is 2. The van der Waals surface area contributed by atoms with E-state index in [2.05, 4.69) is 20.8 Å². The van der Waals surface area contributed by atoms with Crippen molar-refractivity contribution in [2.75, 3.05) is 17.4 Å². The molecule has 0 radical (unpaired) electrons. The van der Waals surface area contributed by atoms with Crippen LogP contribution in [0.5, 0.6) is 11.5 Å². The van der Waals surface area contributed by atoms with Crippen molar-refractivity contribution < 1.29 is 19.1 Å². The van der Waals surface area contributed by atoms with E-state index in [0.29, 0.717) is 45.4 Å². The maximum atomic E-state index is 12.7. The number of hydrogen-bond acceptors (Lipinski definition) is 7. The van der Waals surface area contributed by atoms with Crippen LogP contribution >= 0.6 is 23.4 Å². The molecule has 0 unspecified atom stereocenters. The number of benzene rings is 2. The molecule has 1 aliphatic rings. The smallest absolute Gasteiger partial charge is 0.237 e. The Kier molecular flexibility index (Phi) is 7.05. The van der Waals surface area contributed by atoms with Crippen LogP contribution < -0.4 is 20.1 Å². The lowest BCUT2D eigenvalue weighted by Gasteiger charge is -2.13. The van der Waals surface area contributed by atoms with Crippen molar-refractivity contribution in [3.8, 4) is 11.5 Å². The number of fused-ring (bicyclic) bond motifs is 1. The molecule has 172 valence electrons. The Balaban J connectivity index is 1.38. The average Bonchev–Trinajstić information content (AvgIpc) is 3.41. The minimum Gasteiger partial charge on any atom is -0.454 e. The summed E-state index contributed by atoms with van der Waals surface area (Å²) < 4.78 is 12.5. The lowest BCUT2D eigenvalue weighted by molar-refractivity contribution is -0.116. The zero-order chi connectivity index (χ0) is 23.4. The Morgan fingerprint density at radius 3 is 2.73 bits per heavy atom. The third kappa shape index (κ3) is 5.40. The van der Waals surface area contributed by atoms with Gasteiger partial charge >= 0.3 is 0 Å². The van der Waals surface area contributed by atoms with Crippen LogP contribution in [0.4, 0.5) is 11.4 Å². The molecular weight excluding hydrogens is 466 g/mol. The number of aromatic nitrogens is 3. The molecule has 33 heavy (non-hydrogen) atoms. The van der Waals surface area contributed by atoms with Crippen LogP contribution in [0.3, 0.4) is 0 Å². The van der Waals surface area contributed by atoms with E-state index >= 15 is 0 Å². The lowest BCUT2D eigenvalue weighted by Crippen LogP contribution is -2.23. The molecule has 9 nitrogen and oxygen atoms in total. The molecule has 0 fully saturated rings. The number of carbonyl (C=O) groups excluding carboxylic acids is 2. The highest BCUT2D eigenvalue weighted by molar-refractivity contribution is 8.00. The predicted molar refractivity (Wildman–Crippen MR) is 126 cm³/mol. The van der Waals surface area contributed by atoms with E-state index in [-0.39, 0.29) is 25.0 Å². The van der Waals surface area contributed by atoms with Gasteiger partial charge < -0.3 is 24.7 Å². The summed E-state index contributed by atoms with van der Waals surface area (Å²) in [5.41, 5.74) is 1.15. The fourth-order valence-electron chi connectivity index (χ4n) is 3.19. The molecule has 1 aliphatic heterocycles. The average molecular weight is 488 g/mol. The molecule has 0 spiro atoms. The van der Waals surface area contributed by atoms with E-state index in [1.807, 2.05) is 11.5 Å². The summed E-state index contributed by atoms with van der Waals surface area (Å²) in [6, 6.07) is 12.3. The van der Waals surface area contributed by atoms with Gasteiger partial charge in [-0.05, 0) is 38.1 Å². The molecule has 1 atom stereocenters. The largest absolute Gasteiger partial charge is 0.454 e. The number of nitrogens with one attached hydrogen (secondary N) is 2. The van der Waals surface area contributed by atoms with Crippen molar-refractivity contribution in [1.82, 2.24) is 14.8 Å². The molecule has 0 saturated carbocycles. The van der Waals surface area contributed by atoms with Crippen LogP contribution in [0, 0.1) is 0 Å². The standard InChI is InChI=1S/C22H22ClN5O4S/c1-3-28-19(11-20(29)25-16-7-5-4-6-15(16)23)26-27-22(28)33-13(2)21(30)24-14-8-9-17-18(10-14)32-12-31-17/h4-10,13H,3,11-12H2,1-2H3,(H,24,30)(H,25,29)/t13-/m1/s1. The highest BCUT2D eigenvalue weighted by atomic mass is 35.5. The van der Waals surface area contributed by atoms with Crippen molar-refractivity contribution in [3.05, 3.63) is 53.3 Å². The summed E-state index contributed by atoms with van der Waals surface area (Å²) in [7, 11) is 0. The number of nitrogens with zero attached hydrogens (tertiary/aromatic N) is 3. The number of rotatable bonds is 8. The number of para-hydroxylation sites is 1. The molecule has 2 heterocycles. The Bertz CT molecular complexity index is 1190. The van der Waals surface area contributed by atoms with Gasteiger partial charge in [-0.25, -0.2) is 0 Å². The third-order valence-electron chi connectivity index (χ3n) is 4.87. The minimum absolute atomic E-state index is 0.0321. The van der Waals surface area contributed by atoms with Crippen LogP contribution in [0.15, 0.2) is 47.6 Å². The van der Waals surface area contributed by atoms with Gasteiger partial charge in [-0.2, -0.15) is 0 Å². The highest BCUT2D eigenvalue weighted by Gasteiger charge is 2.22. The molecule has 4 rings (SSSR count). The summed E-state index contributed by atoms with van der Waals surface area (Å²) in [6.07, 6.45) is 0.0321. The summed E-state index contributed by atoms with van der Waals surface area (Å²) in [6.45, 7) is 4.44. The molecule has 0 aliphatic carbocycles. The lowest BCUT2D eigenvalue weighted by atomic mass is 10.2. The Hall–Kier alpha value is -3.24. The number of anilines is 2. The predicted octanol–water partition coefficient (Wildman–Crippen LogP) is 3.98. The monoisotopic (exact) mass is 487 g/mol. The molecule has 11 heteroatoms. The van der Waals surface area contributed by atoms with E-state index in [0.717, 1.165) is 0 Å². The highest BCUT2D eigenvalue weighted by Crippen LogP contribution is 2.34. The van der Waals surface area contributed by atoms with Gasteiger partial charge in [-0.3, -0.25) is 9.59 Å². The Morgan fingerprint density at radius 1 is 1.15 bits per heavy atom. The van der Waals surface area contributed by atoms with E-state index < -0.39 is 5.25 Å². The molecule has 2 N–H and O–H groups in total. The van der Waals surface area contributed by atoms with Gasteiger partial charge in [0.2, 0.25) is 18.6 Å². The topological polar surface area (TPSA) is 107 Å². The SMILES string of the molecule is CCn1c(CC(=O)Nc2ccccc2Cl)nnc1S[C@H](C)C(=O)Nc1ccc2c(c1)OCO2. The maximum Gasteiger partial charge on any atom is 0.237 e. The van der Waals surface area contributed by atoms with Crippen LogP contribution in [0.2, 0.25) is 5.02 Å². The second kappa shape index (κ2) is 10.1. The first-order valence-electron chi connectivity index (χ1n) is 10.3. The third-order valence-corrected chi connectivity index (χ3v) is 6.28. The maximum absolute atomic E-state index is 12.7. The zero-order valence-electron chi connectivity index (χ0n) is 18.0. The van der Waals surface area contributed by atoms with Crippen molar-refractivity contribution >= 4 is 46.6 Å². The van der Waals surface area contributed by atoms with Crippen LogP contribution in [-0.2, 0) is 22.6 Å². The molecule has 2 amide bonds. The molecular formula is C22H22ClN5O4S. The normalized spacial score (nSPS) is 12.9. The molecule has 0 bridgehead atoms. The van der Waals surface area contributed by atoms with Gasteiger partial charge in [0.25, 0.3) is 0 Å². The first kappa shape index (κ1) is 22.9. The summed E-state index contributed by atoms with van der Waals surface area (Å²) in [5, 5.41) is 14.6. The number of hydrogen-bond donors (Lipinski definition) is 2. The van der Waals surface area contributed by atoms with Crippen molar-refractivity contribution in [2.24, 2.45) is 0 Å². The van der Waals surface area contributed by atoms with Gasteiger partial charge in [0.15, 0.2) is 16.7 Å². The Labute approximate surface area is 199 Å². The first-order chi connectivity index (χ1) is 15.9. The van der Waals surface area contributed by atoms with E-state index in [9.17, 15) is 9.59 Å². The number of amides is 2. The van der Waals surface area contributed by atoms with Gasteiger partial charge in [0.05, 0.1) is 22.4 Å². The minimum atomic E-state index is -0.449. The summed E-state index contributed by atoms with van der Waals surface area (Å²) >= 11 is 7.37. The zero-order valence-corrected chi connectivity index (χ0v) is 19.6. The Morgan fingerprint density at radius 2 is 1.94 bits per heavy atom. The van der Waals surface area contributed by atoms with Crippen LogP contribution in [-0.4, -0.2) is 38.6 Å². The number of halogens is 1. The molecule has 2 aromatic carbocycles. The fourth-order valence-corrected chi connectivity index (χ4v) is 4.30. The van der Waals surface area contributed by atoms with Gasteiger partial charge in [-0.15, -0.1) is 10.2 Å². The van der Waals surface area contributed by atoms with E-state index in [1.165, 1.54) is 11.8 Å². The van der Waals surface area contributed by atoms with Crippen molar-refractivity contribution in [2.45, 2.75) is 37.2 Å². The van der Waals surface area contributed by atoms with Gasteiger partial charge in [0, 0.05) is 18.3 Å². The molecule has 0 saturated heterocycles. The van der Waals surface area contributed by atoms with Crippen molar-refractivity contribution in [1.29, 1.82) is 0 Å². The van der Waals surface area contributed by atoms with Gasteiger partial charge in [-0.1, -0.05) is 35.5 Å². The second-order valence-electron chi connectivity index (χ2n) is 7.17. The van der Waals surface area contributed by atoms with Crippen molar-refractivity contribution in [3.63, 3.8) is 0 Å². The second-order valence-corrected chi connectivity index (χ2v) is 8.88. The fraction of sp³-hybridized carbons (Fsp3) is 0.273. The van der Waals surface area contributed by atoms with Crippen LogP contribution in [0.25, 0.3) is 0 Å². The summed E-state index contributed by atoms with van der Waals surface area (Å²) in [4.78, 5) is 25.2. The molecule has 1 aromatic heterocycles.